The van der Waals surface area contributed by atoms with Gasteiger partial charge in [-0.2, -0.15) is 0 Å². The zero-order chi connectivity index (χ0) is 9.12. The van der Waals surface area contributed by atoms with E-state index in [0.717, 1.165) is 12.8 Å². The van der Waals surface area contributed by atoms with Gasteiger partial charge in [-0.05, 0) is 40.5 Å². The van der Waals surface area contributed by atoms with E-state index in [0.29, 0.717) is 0 Å². The van der Waals surface area contributed by atoms with E-state index >= 15 is 0 Å². The van der Waals surface area contributed by atoms with Crippen LogP contribution in [0, 0.1) is 0 Å². The Morgan fingerprint density at radius 3 is 1.25 bits per heavy atom. The van der Waals surface area contributed by atoms with Crippen molar-refractivity contribution < 1.29 is 22.1 Å². The molecule has 0 saturated heterocycles. The van der Waals surface area contributed by atoms with Gasteiger partial charge in [0.2, 0.25) is 0 Å². The summed E-state index contributed by atoms with van der Waals surface area (Å²) in [5.74, 6) is 0. The summed E-state index contributed by atoms with van der Waals surface area (Å²) >= 11 is 0. The fourth-order valence-corrected chi connectivity index (χ4v) is 0.892. The number of hydrogen-bond donors (Lipinski definition) is 0. The topological polar surface area (TPSA) is 9.23 Å². The van der Waals surface area contributed by atoms with E-state index < -0.39 is 0 Å². The molecule has 0 aromatic carbocycles. The van der Waals surface area contributed by atoms with Crippen LogP contribution in [0.4, 0.5) is 0 Å². The summed E-state index contributed by atoms with van der Waals surface area (Å²) in [5, 5.41) is 0. The van der Waals surface area contributed by atoms with Crippen molar-refractivity contribution in [3.05, 3.63) is 0 Å². The molecule has 0 rings (SSSR count). The van der Waals surface area contributed by atoms with Crippen molar-refractivity contribution in [2.75, 3.05) is 0 Å². The van der Waals surface area contributed by atoms with Crippen molar-refractivity contribution >= 4 is 0 Å². The van der Waals surface area contributed by atoms with Gasteiger partial charge in [0.05, 0.1) is 11.2 Å². The van der Waals surface area contributed by atoms with Crippen LogP contribution in [0.3, 0.4) is 0 Å². The van der Waals surface area contributed by atoms with Crippen LogP contribution in [0.1, 0.15) is 54.4 Å². The predicted molar refractivity (Wildman–Crippen MR) is 49.8 cm³/mol. The molecular weight excluding hydrogens is 188 g/mol. The first-order valence-electron chi connectivity index (χ1n) is 4.53. The SMILES string of the molecule is CCC(C)(C)OC(C)(C)CC.[Cr]. The van der Waals surface area contributed by atoms with Gasteiger partial charge in [0.1, 0.15) is 0 Å². The molecule has 0 amide bonds. The quantitative estimate of drug-likeness (QED) is 0.691. The van der Waals surface area contributed by atoms with E-state index in [-0.39, 0.29) is 28.6 Å². The second kappa shape index (κ2) is 5.27. The summed E-state index contributed by atoms with van der Waals surface area (Å²) < 4.78 is 5.92. The Morgan fingerprint density at radius 1 is 0.833 bits per heavy atom. The van der Waals surface area contributed by atoms with Crippen LogP contribution in [0.25, 0.3) is 0 Å². The summed E-state index contributed by atoms with van der Waals surface area (Å²) in [5.41, 5.74) is 0.0546. The molecule has 0 unspecified atom stereocenters. The van der Waals surface area contributed by atoms with Crippen LogP contribution in [0.15, 0.2) is 0 Å². The molecule has 74 valence electrons. The zero-order valence-corrected chi connectivity index (χ0v) is 10.5. The standard InChI is InChI=1S/C10H22O.Cr/c1-7-9(3,4)11-10(5,6)8-2;/h7-8H2,1-6H3;. The Morgan fingerprint density at radius 2 is 1.08 bits per heavy atom. The minimum Gasteiger partial charge on any atom is -0.370 e. The van der Waals surface area contributed by atoms with Crippen molar-refractivity contribution in [1.29, 1.82) is 0 Å². The molecule has 0 atom stereocenters. The molecule has 0 aromatic rings. The van der Waals surface area contributed by atoms with Crippen LogP contribution < -0.4 is 0 Å². The average Bonchev–Trinajstić information content (AvgIpc) is 1.86. The Hall–Kier alpha value is 0.492. The number of rotatable bonds is 4. The van der Waals surface area contributed by atoms with E-state index in [2.05, 4.69) is 41.5 Å². The normalized spacial score (nSPS) is 12.5. The first-order valence-corrected chi connectivity index (χ1v) is 4.53. The second-order valence-corrected chi connectivity index (χ2v) is 4.33. The molecule has 2 heteroatoms. The molecule has 0 fully saturated rings. The molecule has 12 heavy (non-hydrogen) atoms. The fraction of sp³-hybridized carbons (Fsp3) is 1.00. The van der Waals surface area contributed by atoms with Crippen molar-refractivity contribution in [1.82, 2.24) is 0 Å². The molecular formula is C10H22CrO. The maximum Gasteiger partial charge on any atom is 0.0631 e. The molecule has 1 nitrogen and oxygen atoms in total. The van der Waals surface area contributed by atoms with Crippen molar-refractivity contribution in [2.24, 2.45) is 0 Å². The molecule has 0 N–H and O–H groups in total. The fourth-order valence-electron chi connectivity index (χ4n) is 0.892. The Kier molecular flexibility index (Phi) is 6.58. The molecule has 0 bridgehead atoms. The van der Waals surface area contributed by atoms with Crippen LogP contribution >= 0.6 is 0 Å². The number of ether oxygens (including phenoxy) is 1. The average molecular weight is 210 g/mol. The van der Waals surface area contributed by atoms with Gasteiger partial charge < -0.3 is 4.74 Å². The molecule has 0 spiro atoms. The molecule has 0 radical (unpaired) electrons. The van der Waals surface area contributed by atoms with Crippen LogP contribution in [0.5, 0.6) is 0 Å². The van der Waals surface area contributed by atoms with Gasteiger partial charge in [-0.25, -0.2) is 0 Å². The van der Waals surface area contributed by atoms with E-state index in [1.54, 1.807) is 0 Å². The van der Waals surface area contributed by atoms with Gasteiger partial charge in [-0.3, -0.25) is 0 Å². The zero-order valence-electron chi connectivity index (χ0n) is 9.23. The van der Waals surface area contributed by atoms with E-state index in [4.69, 9.17) is 4.74 Å². The van der Waals surface area contributed by atoms with Gasteiger partial charge in [0.25, 0.3) is 0 Å². The summed E-state index contributed by atoms with van der Waals surface area (Å²) in [6, 6.07) is 0. The number of hydrogen-bond acceptors (Lipinski definition) is 1. The van der Waals surface area contributed by atoms with Gasteiger partial charge in [0, 0.05) is 17.4 Å². The molecule has 0 aliphatic carbocycles. The predicted octanol–water partition coefficient (Wildman–Crippen LogP) is 3.38. The maximum atomic E-state index is 5.92. The Bertz CT molecular complexity index is 105. The first-order chi connectivity index (χ1) is 4.83. The van der Waals surface area contributed by atoms with E-state index in [1.807, 2.05) is 0 Å². The Balaban J connectivity index is 0. The minimum atomic E-state index is 0. The van der Waals surface area contributed by atoms with Gasteiger partial charge in [-0.1, -0.05) is 13.8 Å². The maximum absolute atomic E-state index is 5.92. The van der Waals surface area contributed by atoms with E-state index in [1.165, 1.54) is 0 Å². The summed E-state index contributed by atoms with van der Waals surface area (Å²) in [7, 11) is 0. The smallest absolute Gasteiger partial charge is 0.0631 e. The van der Waals surface area contributed by atoms with Crippen molar-refractivity contribution in [3.8, 4) is 0 Å². The summed E-state index contributed by atoms with van der Waals surface area (Å²) in [4.78, 5) is 0. The van der Waals surface area contributed by atoms with E-state index in [9.17, 15) is 0 Å². The molecule has 0 aliphatic heterocycles. The molecule has 0 aromatic heterocycles. The first kappa shape index (κ1) is 15.0. The monoisotopic (exact) mass is 210 g/mol. The molecule has 0 aliphatic rings. The molecule has 0 saturated carbocycles. The van der Waals surface area contributed by atoms with Gasteiger partial charge in [0.15, 0.2) is 0 Å². The second-order valence-electron chi connectivity index (χ2n) is 4.33. The van der Waals surface area contributed by atoms with Gasteiger partial charge in [-0.15, -0.1) is 0 Å². The summed E-state index contributed by atoms with van der Waals surface area (Å²) in [6.45, 7) is 12.9. The van der Waals surface area contributed by atoms with Gasteiger partial charge >= 0.3 is 0 Å². The third-order valence-corrected chi connectivity index (χ3v) is 2.26. The minimum absolute atomic E-state index is 0. The van der Waals surface area contributed by atoms with Crippen LogP contribution in [0.2, 0.25) is 0 Å². The van der Waals surface area contributed by atoms with Crippen molar-refractivity contribution in [2.45, 2.75) is 65.6 Å². The third kappa shape index (κ3) is 6.06. The largest absolute Gasteiger partial charge is 0.370 e. The third-order valence-electron chi connectivity index (χ3n) is 2.26. The molecule has 0 heterocycles. The van der Waals surface area contributed by atoms with Crippen molar-refractivity contribution in [3.63, 3.8) is 0 Å². The Labute approximate surface area is 88.0 Å². The van der Waals surface area contributed by atoms with Crippen LogP contribution in [-0.4, -0.2) is 11.2 Å². The van der Waals surface area contributed by atoms with Crippen LogP contribution in [-0.2, 0) is 22.1 Å². The summed E-state index contributed by atoms with van der Waals surface area (Å²) in [6.07, 6.45) is 2.13.